The van der Waals surface area contributed by atoms with Crippen LogP contribution in [0.2, 0.25) is 5.15 Å². The van der Waals surface area contributed by atoms with E-state index in [4.69, 9.17) is 16.3 Å². The first-order chi connectivity index (χ1) is 13.2. The molecule has 0 bridgehead atoms. The number of aliphatic imine (C=N–C) groups is 1. The molecule has 8 heteroatoms. The standard InChI is InChI=1S/C20H28ClN5O.HI/c1-3-22-20(24-11-10-17-6-9-19(21)25-14-17)26-15-16-4-7-18(8-5-16)23-12-13-27-2;/h4-9,14,23H,3,10-13,15H2,1-2H3,(H2,22,24,26);1H. The molecule has 0 radical (unpaired) electrons. The molecule has 0 spiro atoms. The van der Waals surface area contributed by atoms with E-state index < -0.39 is 0 Å². The van der Waals surface area contributed by atoms with E-state index in [1.165, 1.54) is 0 Å². The number of hydrogen-bond donors (Lipinski definition) is 3. The number of guanidine groups is 1. The van der Waals surface area contributed by atoms with Gasteiger partial charge in [-0.05, 0) is 42.7 Å². The van der Waals surface area contributed by atoms with Crippen molar-refractivity contribution < 1.29 is 4.74 Å². The normalized spacial score (nSPS) is 10.9. The van der Waals surface area contributed by atoms with E-state index in [9.17, 15) is 0 Å². The van der Waals surface area contributed by atoms with Gasteiger partial charge in [0.05, 0.1) is 13.2 Å². The van der Waals surface area contributed by atoms with Crippen molar-refractivity contribution >= 4 is 47.2 Å². The van der Waals surface area contributed by atoms with Gasteiger partial charge in [-0.1, -0.05) is 29.8 Å². The zero-order valence-corrected chi connectivity index (χ0v) is 19.5. The molecule has 0 aliphatic carbocycles. The fraction of sp³-hybridized carbons (Fsp3) is 0.400. The molecule has 0 fully saturated rings. The molecule has 154 valence electrons. The van der Waals surface area contributed by atoms with Gasteiger partial charge in [-0.15, -0.1) is 24.0 Å². The van der Waals surface area contributed by atoms with Crippen LogP contribution >= 0.6 is 35.6 Å². The Kier molecular flexibility index (Phi) is 12.6. The Labute approximate surface area is 189 Å². The summed E-state index contributed by atoms with van der Waals surface area (Å²) < 4.78 is 5.04. The number of methoxy groups -OCH3 is 1. The highest BCUT2D eigenvalue weighted by atomic mass is 127. The number of benzene rings is 1. The van der Waals surface area contributed by atoms with Gasteiger partial charge < -0.3 is 20.7 Å². The van der Waals surface area contributed by atoms with Crippen LogP contribution in [0.3, 0.4) is 0 Å². The van der Waals surface area contributed by atoms with E-state index >= 15 is 0 Å². The summed E-state index contributed by atoms with van der Waals surface area (Å²) in [7, 11) is 1.70. The number of rotatable bonds is 10. The van der Waals surface area contributed by atoms with Gasteiger partial charge in [0, 0.05) is 38.6 Å². The summed E-state index contributed by atoms with van der Waals surface area (Å²) in [6, 6.07) is 12.1. The summed E-state index contributed by atoms with van der Waals surface area (Å²) >= 11 is 5.81. The van der Waals surface area contributed by atoms with E-state index in [1.807, 2.05) is 12.1 Å². The maximum atomic E-state index is 5.81. The van der Waals surface area contributed by atoms with Crippen molar-refractivity contribution in [3.8, 4) is 0 Å². The van der Waals surface area contributed by atoms with Gasteiger partial charge in [0.25, 0.3) is 0 Å². The van der Waals surface area contributed by atoms with E-state index in [-0.39, 0.29) is 24.0 Å². The molecular weight excluding hydrogens is 489 g/mol. The first-order valence-electron chi connectivity index (χ1n) is 9.15. The predicted molar refractivity (Wildman–Crippen MR) is 128 cm³/mol. The van der Waals surface area contributed by atoms with Crippen molar-refractivity contribution in [2.75, 3.05) is 38.7 Å². The Morgan fingerprint density at radius 2 is 1.82 bits per heavy atom. The SMILES string of the molecule is CCNC(=NCc1ccc(NCCOC)cc1)NCCc1ccc(Cl)nc1.I. The highest BCUT2D eigenvalue weighted by molar-refractivity contribution is 14.0. The molecule has 0 aliphatic rings. The van der Waals surface area contributed by atoms with Crippen LogP contribution in [0.15, 0.2) is 47.6 Å². The van der Waals surface area contributed by atoms with Crippen LogP contribution in [0.25, 0.3) is 0 Å². The number of aromatic nitrogens is 1. The van der Waals surface area contributed by atoms with Crippen molar-refractivity contribution in [2.24, 2.45) is 4.99 Å². The van der Waals surface area contributed by atoms with Crippen LogP contribution in [-0.4, -0.2) is 44.3 Å². The number of pyridine rings is 1. The number of anilines is 1. The second kappa shape index (κ2) is 14.4. The average molecular weight is 518 g/mol. The first kappa shape index (κ1) is 24.5. The molecule has 0 saturated heterocycles. The third kappa shape index (κ3) is 9.57. The lowest BCUT2D eigenvalue weighted by atomic mass is 10.2. The molecule has 2 aromatic rings. The minimum absolute atomic E-state index is 0. The summed E-state index contributed by atoms with van der Waals surface area (Å²) in [5.41, 5.74) is 3.38. The lowest BCUT2D eigenvalue weighted by Crippen LogP contribution is -2.38. The van der Waals surface area contributed by atoms with Crippen LogP contribution < -0.4 is 16.0 Å². The second-order valence-corrected chi connectivity index (χ2v) is 6.36. The zero-order valence-electron chi connectivity index (χ0n) is 16.4. The highest BCUT2D eigenvalue weighted by Crippen LogP contribution is 2.10. The first-order valence-corrected chi connectivity index (χ1v) is 9.53. The molecular formula is C20H29ClIN5O. The van der Waals surface area contributed by atoms with Crippen molar-refractivity contribution in [3.63, 3.8) is 0 Å². The summed E-state index contributed by atoms with van der Waals surface area (Å²) in [4.78, 5) is 8.75. The summed E-state index contributed by atoms with van der Waals surface area (Å²) in [5.74, 6) is 0.807. The van der Waals surface area contributed by atoms with Gasteiger partial charge in [-0.25, -0.2) is 9.98 Å². The van der Waals surface area contributed by atoms with Gasteiger partial charge in [0.2, 0.25) is 0 Å². The third-order valence-electron chi connectivity index (χ3n) is 3.85. The molecule has 3 N–H and O–H groups in total. The lowest BCUT2D eigenvalue weighted by Gasteiger charge is -2.11. The molecule has 2 rings (SSSR count). The van der Waals surface area contributed by atoms with Gasteiger partial charge >= 0.3 is 0 Å². The monoisotopic (exact) mass is 517 g/mol. The van der Waals surface area contributed by atoms with Gasteiger partial charge in [0.1, 0.15) is 5.15 Å². The van der Waals surface area contributed by atoms with Crippen LogP contribution in [0.5, 0.6) is 0 Å². The van der Waals surface area contributed by atoms with Crippen molar-refractivity contribution in [1.82, 2.24) is 15.6 Å². The minimum Gasteiger partial charge on any atom is -0.383 e. The molecule has 0 saturated carbocycles. The lowest BCUT2D eigenvalue weighted by molar-refractivity contribution is 0.211. The smallest absolute Gasteiger partial charge is 0.191 e. The Balaban J connectivity index is 0.00000392. The number of nitrogens with zero attached hydrogens (tertiary/aromatic N) is 2. The van der Waals surface area contributed by atoms with E-state index in [0.717, 1.165) is 48.8 Å². The molecule has 0 atom stereocenters. The van der Waals surface area contributed by atoms with Crippen molar-refractivity contribution in [3.05, 3.63) is 58.9 Å². The maximum absolute atomic E-state index is 5.81. The van der Waals surface area contributed by atoms with Crippen LogP contribution in [0.4, 0.5) is 5.69 Å². The fourth-order valence-corrected chi connectivity index (χ4v) is 2.53. The van der Waals surface area contributed by atoms with E-state index in [0.29, 0.717) is 18.3 Å². The Hall–Kier alpha value is -1.58. The predicted octanol–water partition coefficient (Wildman–Crippen LogP) is 3.71. The second-order valence-electron chi connectivity index (χ2n) is 5.98. The van der Waals surface area contributed by atoms with Gasteiger partial charge in [-0.2, -0.15) is 0 Å². The summed E-state index contributed by atoms with van der Waals surface area (Å²) in [6.07, 6.45) is 2.66. The summed E-state index contributed by atoms with van der Waals surface area (Å²) in [6.45, 7) is 5.76. The number of halogens is 2. The molecule has 1 heterocycles. The minimum atomic E-state index is 0. The average Bonchev–Trinajstić information content (AvgIpc) is 2.69. The van der Waals surface area contributed by atoms with Crippen LogP contribution in [0.1, 0.15) is 18.1 Å². The van der Waals surface area contributed by atoms with Crippen molar-refractivity contribution in [2.45, 2.75) is 19.9 Å². The van der Waals surface area contributed by atoms with E-state index in [1.54, 1.807) is 13.3 Å². The number of nitrogens with one attached hydrogen (secondary N) is 3. The highest BCUT2D eigenvalue weighted by Gasteiger charge is 2.00. The molecule has 6 nitrogen and oxygen atoms in total. The van der Waals surface area contributed by atoms with Gasteiger partial charge in [-0.3, -0.25) is 0 Å². The quantitative estimate of drug-likeness (QED) is 0.147. The third-order valence-corrected chi connectivity index (χ3v) is 4.07. The number of hydrogen-bond acceptors (Lipinski definition) is 4. The van der Waals surface area contributed by atoms with Crippen molar-refractivity contribution in [1.29, 1.82) is 0 Å². The largest absolute Gasteiger partial charge is 0.383 e. The Morgan fingerprint density at radius 3 is 2.46 bits per heavy atom. The van der Waals surface area contributed by atoms with E-state index in [2.05, 4.69) is 57.1 Å². The summed E-state index contributed by atoms with van der Waals surface area (Å²) in [5, 5.41) is 10.4. The number of ether oxygens (including phenoxy) is 1. The van der Waals surface area contributed by atoms with Gasteiger partial charge in [0.15, 0.2) is 5.96 Å². The Bertz CT molecular complexity index is 695. The van der Waals surface area contributed by atoms with Crippen LogP contribution in [-0.2, 0) is 17.7 Å². The fourth-order valence-electron chi connectivity index (χ4n) is 2.42. The zero-order chi connectivity index (χ0) is 19.3. The molecule has 0 unspecified atom stereocenters. The molecule has 1 aromatic heterocycles. The maximum Gasteiger partial charge on any atom is 0.191 e. The Morgan fingerprint density at radius 1 is 1.07 bits per heavy atom. The molecule has 1 aromatic carbocycles. The topological polar surface area (TPSA) is 70.6 Å². The van der Waals surface area contributed by atoms with Crippen LogP contribution in [0, 0.1) is 0 Å². The molecule has 28 heavy (non-hydrogen) atoms. The molecule has 0 aliphatic heterocycles. The molecule has 0 amide bonds.